The Hall–Kier alpha value is -1.34. The smallest absolute Gasteiger partial charge is 0.0645 e. The summed E-state index contributed by atoms with van der Waals surface area (Å²) in [4.78, 5) is 4.44. The maximum Gasteiger partial charge on any atom is 0.0645 e. The fourth-order valence-electron chi connectivity index (χ4n) is 2.59. The molecule has 0 saturated carbocycles. The molecule has 0 saturated heterocycles. The fraction of sp³-hybridized carbons (Fsp3) is 0.353. The number of rotatable bonds is 3. The first-order valence-corrected chi connectivity index (χ1v) is 7.04. The van der Waals surface area contributed by atoms with Gasteiger partial charge >= 0.3 is 0 Å². The van der Waals surface area contributed by atoms with E-state index in [4.69, 9.17) is 11.6 Å². The quantitative estimate of drug-likeness (QED) is 0.730. The van der Waals surface area contributed by atoms with Crippen LogP contribution in [0.5, 0.6) is 0 Å². The van der Waals surface area contributed by atoms with Crippen LogP contribution in [0.3, 0.4) is 0 Å². The summed E-state index contributed by atoms with van der Waals surface area (Å²) in [6, 6.07) is 8.53. The summed E-state index contributed by atoms with van der Waals surface area (Å²) in [5, 5.41) is -0.0178. The minimum Gasteiger partial charge on any atom is -0.261 e. The number of nitrogens with zero attached hydrogens (tertiary/aromatic N) is 1. The van der Waals surface area contributed by atoms with Gasteiger partial charge in [0.1, 0.15) is 0 Å². The maximum atomic E-state index is 6.60. The minimum absolute atomic E-state index is 0.0178. The van der Waals surface area contributed by atoms with Crippen molar-refractivity contribution in [1.82, 2.24) is 4.98 Å². The summed E-state index contributed by atoms with van der Waals surface area (Å²) in [7, 11) is 0. The molecule has 0 aliphatic rings. The Morgan fingerprint density at radius 1 is 1.00 bits per heavy atom. The Bertz CT molecular complexity index is 549. The van der Waals surface area contributed by atoms with Crippen LogP contribution in [0.1, 0.15) is 38.9 Å². The van der Waals surface area contributed by atoms with Crippen molar-refractivity contribution in [2.24, 2.45) is 0 Å². The van der Waals surface area contributed by atoms with Crippen LogP contribution in [-0.2, 0) is 6.42 Å². The molecule has 2 heteroatoms. The van der Waals surface area contributed by atoms with E-state index in [0.717, 1.165) is 12.1 Å². The van der Waals surface area contributed by atoms with Crippen molar-refractivity contribution in [3.05, 3.63) is 64.0 Å². The van der Waals surface area contributed by atoms with Gasteiger partial charge in [-0.25, -0.2) is 0 Å². The van der Waals surface area contributed by atoms with E-state index in [0.29, 0.717) is 0 Å². The molecule has 1 heterocycles. The van der Waals surface area contributed by atoms with E-state index < -0.39 is 0 Å². The van der Waals surface area contributed by atoms with Gasteiger partial charge < -0.3 is 0 Å². The lowest BCUT2D eigenvalue weighted by atomic mass is 9.95. The summed E-state index contributed by atoms with van der Waals surface area (Å²) < 4.78 is 0. The monoisotopic (exact) mass is 273 g/mol. The standard InChI is InChI=1S/C17H20ClN/c1-11-5-6-15(19-10-11)9-16(18)17-13(3)7-12(2)8-14(17)4/h5-8,10,16H,9H2,1-4H3. The SMILES string of the molecule is Cc1ccc(CC(Cl)c2c(C)cc(C)cc2C)nc1. The predicted octanol–water partition coefficient (Wildman–Crippen LogP) is 4.84. The molecule has 0 aliphatic heterocycles. The van der Waals surface area contributed by atoms with Crippen molar-refractivity contribution in [3.8, 4) is 0 Å². The van der Waals surface area contributed by atoms with E-state index in [9.17, 15) is 0 Å². The second-order valence-corrected chi connectivity index (χ2v) is 5.84. The Labute approximate surface area is 120 Å². The lowest BCUT2D eigenvalue weighted by molar-refractivity contribution is 0.863. The van der Waals surface area contributed by atoms with Gasteiger partial charge in [0, 0.05) is 18.3 Å². The molecular formula is C17H20ClN. The van der Waals surface area contributed by atoms with E-state index in [2.05, 4.69) is 50.0 Å². The summed E-state index contributed by atoms with van der Waals surface area (Å²) in [5.74, 6) is 0. The first-order chi connectivity index (χ1) is 8.97. The molecule has 0 aliphatic carbocycles. The molecule has 0 N–H and O–H groups in total. The molecule has 0 spiro atoms. The average molecular weight is 274 g/mol. The average Bonchev–Trinajstić information content (AvgIpc) is 2.30. The highest BCUT2D eigenvalue weighted by Gasteiger charge is 2.15. The van der Waals surface area contributed by atoms with Gasteiger partial charge in [0.15, 0.2) is 0 Å². The van der Waals surface area contributed by atoms with Crippen LogP contribution in [0.25, 0.3) is 0 Å². The van der Waals surface area contributed by atoms with Crippen molar-refractivity contribution in [2.45, 2.75) is 39.5 Å². The number of hydrogen-bond acceptors (Lipinski definition) is 1. The summed E-state index contributed by atoms with van der Waals surface area (Å²) in [6.45, 7) is 8.43. The minimum atomic E-state index is -0.0178. The number of hydrogen-bond donors (Lipinski definition) is 0. The zero-order chi connectivity index (χ0) is 14.0. The van der Waals surface area contributed by atoms with Crippen molar-refractivity contribution in [3.63, 3.8) is 0 Å². The normalized spacial score (nSPS) is 12.5. The summed E-state index contributed by atoms with van der Waals surface area (Å²) in [5.41, 5.74) is 7.29. The first kappa shape index (κ1) is 14.1. The molecule has 19 heavy (non-hydrogen) atoms. The van der Waals surface area contributed by atoms with Crippen LogP contribution in [0.15, 0.2) is 30.5 Å². The second-order valence-electron chi connectivity index (χ2n) is 5.31. The molecule has 1 aromatic heterocycles. The Balaban J connectivity index is 2.25. The third kappa shape index (κ3) is 3.36. The zero-order valence-corrected chi connectivity index (χ0v) is 12.8. The van der Waals surface area contributed by atoms with Crippen molar-refractivity contribution in [2.75, 3.05) is 0 Å². The van der Waals surface area contributed by atoms with Crippen molar-refractivity contribution in [1.29, 1.82) is 0 Å². The number of alkyl halides is 1. The molecule has 0 bridgehead atoms. The third-order valence-electron chi connectivity index (χ3n) is 3.41. The molecule has 1 atom stereocenters. The van der Waals surface area contributed by atoms with Gasteiger partial charge in [0.05, 0.1) is 5.38 Å². The molecular weight excluding hydrogens is 254 g/mol. The molecule has 2 rings (SSSR count). The second kappa shape index (κ2) is 5.75. The van der Waals surface area contributed by atoms with E-state index in [1.165, 1.54) is 27.8 Å². The van der Waals surface area contributed by atoms with Crippen LogP contribution in [0, 0.1) is 27.7 Å². The van der Waals surface area contributed by atoms with Crippen LogP contribution >= 0.6 is 11.6 Å². The van der Waals surface area contributed by atoms with Gasteiger partial charge in [-0.05, 0) is 56.0 Å². The number of aryl methyl sites for hydroxylation is 4. The first-order valence-electron chi connectivity index (χ1n) is 6.60. The third-order valence-corrected chi connectivity index (χ3v) is 3.78. The van der Waals surface area contributed by atoms with E-state index in [1.54, 1.807) is 0 Å². The van der Waals surface area contributed by atoms with Crippen molar-refractivity contribution >= 4 is 11.6 Å². The molecule has 0 radical (unpaired) electrons. The topological polar surface area (TPSA) is 12.9 Å². The molecule has 100 valence electrons. The zero-order valence-electron chi connectivity index (χ0n) is 12.0. The van der Waals surface area contributed by atoms with Gasteiger partial charge in [-0.15, -0.1) is 11.6 Å². The molecule has 1 aromatic carbocycles. The summed E-state index contributed by atoms with van der Waals surface area (Å²) >= 11 is 6.60. The van der Waals surface area contributed by atoms with Gasteiger partial charge in [-0.2, -0.15) is 0 Å². The maximum absolute atomic E-state index is 6.60. The fourth-order valence-corrected chi connectivity index (χ4v) is 3.09. The summed E-state index contributed by atoms with van der Waals surface area (Å²) in [6.07, 6.45) is 2.67. The van der Waals surface area contributed by atoms with Crippen molar-refractivity contribution < 1.29 is 0 Å². The van der Waals surface area contributed by atoms with Gasteiger partial charge in [-0.1, -0.05) is 23.8 Å². The van der Waals surface area contributed by atoms with Gasteiger partial charge in [0.25, 0.3) is 0 Å². The van der Waals surface area contributed by atoms with Crippen LogP contribution in [0.2, 0.25) is 0 Å². The Morgan fingerprint density at radius 3 is 2.16 bits per heavy atom. The van der Waals surface area contributed by atoms with Crippen LogP contribution in [-0.4, -0.2) is 4.98 Å². The number of pyridine rings is 1. The molecule has 1 unspecified atom stereocenters. The Morgan fingerprint density at radius 2 is 1.63 bits per heavy atom. The van der Waals surface area contributed by atoms with Gasteiger partial charge in [-0.3, -0.25) is 4.98 Å². The predicted molar refractivity (Wildman–Crippen MR) is 81.9 cm³/mol. The number of aromatic nitrogens is 1. The molecule has 0 amide bonds. The number of benzene rings is 1. The van der Waals surface area contributed by atoms with Crippen LogP contribution in [0.4, 0.5) is 0 Å². The lowest BCUT2D eigenvalue weighted by Crippen LogP contribution is -2.03. The highest BCUT2D eigenvalue weighted by atomic mass is 35.5. The number of halogens is 1. The highest BCUT2D eigenvalue weighted by molar-refractivity contribution is 6.21. The molecule has 1 nitrogen and oxygen atoms in total. The Kier molecular flexibility index (Phi) is 4.26. The largest absolute Gasteiger partial charge is 0.261 e. The highest BCUT2D eigenvalue weighted by Crippen LogP contribution is 2.30. The van der Waals surface area contributed by atoms with E-state index in [1.807, 2.05) is 13.1 Å². The van der Waals surface area contributed by atoms with E-state index in [-0.39, 0.29) is 5.38 Å². The van der Waals surface area contributed by atoms with Gasteiger partial charge in [0.2, 0.25) is 0 Å². The molecule has 0 fully saturated rings. The van der Waals surface area contributed by atoms with E-state index >= 15 is 0 Å². The lowest BCUT2D eigenvalue weighted by Gasteiger charge is -2.16. The van der Waals surface area contributed by atoms with Crippen LogP contribution < -0.4 is 0 Å². The molecule has 2 aromatic rings.